The molecule has 1 atom stereocenters. The number of nitrogens with zero attached hydrogens (tertiary/aromatic N) is 2. The van der Waals surface area contributed by atoms with Gasteiger partial charge in [0, 0.05) is 12.6 Å². The van der Waals surface area contributed by atoms with Gasteiger partial charge in [-0.15, -0.1) is 0 Å². The SMILES string of the molecule is CC[C@@H](C(=O)NC1CCCC1)N(Cc1ccc(Cl)c(Cl)c1)C(=O)CN(c1cc(C(F)(F)F)ccc1Cl)S(=O)(=O)c1ccccc1. The highest BCUT2D eigenvalue weighted by Crippen LogP contribution is 2.37. The molecule has 1 fully saturated rings. The molecule has 45 heavy (non-hydrogen) atoms. The van der Waals surface area contributed by atoms with Gasteiger partial charge in [-0.05, 0) is 67.3 Å². The summed E-state index contributed by atoms with van der Waals surface area (Å²) in [5, 5.41) is 3.14. The summed E-state index contributed by atoms with van der Waals surface area (Å²) in [6.45, 7) is 0.588. The second kappa shape index (κ2) is 14.6. The lowest BCUT2D eigenvalue weighted by molar-refractivity contribution is -0.140. The van der Waals surface area contributed by atoms with Crippen LogP contribution in [-0.2, 0) is 32.3 Å². The third kappa shape index (κ3) is 8.44. The van der Waals surface area contributed by atoms with Gasteiger partial charge in [-0.3, -0.25) is 13.9 Å². The fourth-order valence-corrected chi connectivity index (χ4v) is 7.27. The Kier molecular flexibility index (Phi) is 11.3. The van der Waals surface area contributed by atoms with Gasteiger partial charge in [-0.25, -0.2) is 8.42 Å². The van der Waals surface area contributed by atoms with Crippen LogP contribution in [0.1, 0.15) is 50.2 Å². The zero-order valence-electron chi connectivity index (χ0n) is 24.2. The minimum Gasteiger partial charge on any atom is -0.352 e. The topological polar surface area (TPSA) is 86.8 Å². The van der Waals surface area contributed by atoms with Gasteiger partial charge in [0.05, 0.1) is 31.2 Å². The Morgan fingerprint density at radius 3 is 2.18 bits per heavy atom. The normalized spacial score (nSPS) is 14.6. The maximum Gasteiger partial charge on any atom is 0.416 e. The van der Waals surface area contributed by atoms with Crippen LogP contribution >= 0.6 is 34.8 Å². The number of nitrogens with one attached hydrogen (secondary N) is 1. The van der Waals surface area contributed by atoms with Crippen molar-refractivity contribution >= 4 is 62.3 Å². The Morgan fingerprint density at radius 1 is 0.933 bits per heavy atom. The number of benzene rings is 3. The van der Waals surface area contributed by atoms with Crippen molar-refractivity contribution in [3.8, 4) is 0 Å². The summed E-state index contributed by atoms with van der Waals surface area (Å²) < 4.78 is 69.7. The molecule has 1 N–H and O–H groups in total. The molecule has 0 saturated heterocycles. The minimum atomic E-state index is -4.82. The lowest BCUT2D eigenvalue weighted by Gasteiger charge is -2.34. The monoisotopic (exact) mass is 703 g/mol. The van der Waals surface area contributed by atoms with Crippen LogP contribution in [0.25, 0.3) is 0 Å². The summed E-state index contributed by atoms with van der Waals surface area (Å²) in [5.41, 5.74) is -1.20. The van der Waals surface area contributed by atoms with Gasteiger partial charge in [-0.1, -0.05) is 78.8 Å². The highest BCUT2D eigenvalue weighted by Gasteiger charge is 2.37. The molecule has 0 heterocycles. The van der Waals surface area contributed by atoms with Crippen LogP contribution in [0.15, 0.2) is 71.6 Å². The lowest BCUT2D eigenvalue weighted by atomic mass is 10.1. The van der Waals surface area contributed by atoms with Crippen LogP contribution in [-0.4, -0.2) is 43.8 Å². The average molecular weight is 705 g/mol. The van der Waals surface area contributed by atoms with E-state index in [0.717, 1.165) is 37.8 Å². The smallest absolute Gasteiger partial charge is 0.352 e. The van der Waals surface area contributed by atoms with Crippen molar-refractivity contribution < 1.29 is 31.2 Å². The third-order valence-electron chi connectivity index (χ3n) is 7.58. The molecule has 4 rings (SSSR count). The molecule has 242 valence electrons. The Balaban J connectivity index is 1.79. The van der Waals surface area contributed by atoms with E-state index in [2.05, 4.69) is 5.32 Å². The van der Waals surface area contributed by atoms with Gasteiger partial charge in [0.1, 0.15) is 12.6 Å². The molecule has 0 unspecified atom stereocenters. The molecule has 3 aromatic rings. The number of hydrogen-bond donors (Lipinski definition) is 1. The number of anilines is 1. The van der Waals surface area contributed by atoms with Crippen molar-refractivity contribution in [1.29, 1.82) is 0 Å². The van der Waals surface area contributed by atoms with Crippen LogP contribution in [0.5, 0.6) is 0 Å². The first-order chi connectivity index (χ1) is 21.2. The summed E-state index contributed by atoms with van der Waals surface area (Å²) in [7, 11) is -4.63. The van der Waals surface area contributed by atoms with Crippen LogP contribution in [0, 0.1) is 0 Å². The minimum absolute atomic E-state index is 0.0626. The van der Waals surface area contributed by atoms with Crippen LogP contribution < -0.4 is 9.62 Å². The van der Waals surface area contributed by atoms with Crippen molar-refractivity contribution in [2.24, 2.45) is 0 Å². The van der Waals surface area contributed by atoms with Gasteiger partial charge in [0.25, 0.3) is 10.0 Å². The summed E-state index contributed by atoms with van der Waals surface area (Å²) in [4.78, 5) is 28.7. The van der Waals surface area contributed by atoms with Gasteiger partial charge >= 0.3 is 6.18 Å². The maximum atomic E-state index is 14.2. The van der Waals surface area contributed by atoms with E-state index in [1.165, 1.54) is 41.3 Å². The highest BCUT2D eigenvalue weighted by atomic mass is 35.5. The van der Waals surface area contributed by atoms with E-state index in [1.807, 2.05) is 0 Å². The molecule has 0 spiro atoms. The van der Waals surface area contributed by atoms with Crippen molar-refractivity contribution in [1.82, 2.24) is 10.2 Å². The number of halogens is 6. The predicted molar refractivity (Wildman–Crippen MR) is 169 cm³/mol. The van der Waals surface area contributed by atoms with Gasteiger partial charge in [-0.2, -0.15) is 13.2 Å². The molecule has 1 aliphatic carbocycles. The van der Waals surface area contributed by atoms with Gasteiger partial charge in [0.15, 0.2) is 0 Å². The first-order valence-electron chi connectivity index (χ1n) is 14.2. The predicted octanol–water partition coefficient (Wildman–Crippen LogP) is 7.73. The number of hydrogen-bond acceptors (Lipinski definition) is 4. The fraction of sp³-hybridized carbons (Fsp3) is 0.355. The quantitative estimate of drug-likeness (QED) is 0.222. The van der Waals surface area contributed by atoms with Crippen LogP contribution in [0.3, 0.4) is 0 Å². The van der Waals surface area contributed by atoms with Crippen molar-refractivity contribution in [3.05, 3.63) is 92.9 Å². The zero-order valence-corrected chi connectivity index (χ0v) is 27.2. The molecule has 1 aliphatic rings. The highest BCUT2D eigenvalue weighted by molar-refractivity contribution is 7.92. The number of alkyl halides is 3. The van der Waals surface area contributed by atoms with Crippen LogP contribution in [0.4, 0.5) is 18.9 Å². The summed E-state index contributed by atoms with van der Waals surface area (Å²) >= 11 is 18.6. The molecule has 0 aliphatic heterocycles. The molecule has 14 heteroatoms. The van der Waals surface area contributed by atoms with E-state index < -0.39 is 51.9 Å². The summed E-state index contributed by atoms with van der Waals surface area (Å²) in [5.74, 6) is -1.27. The molecule has 2 amide bonds. The fourth-order valence-electron chi connectivity index (χ4n) is 5.23. The second-order valence-corrected chi connectivity index (χ2v) is 13.8. The Morgan fingerprint density at radius 2 is 1.58 bits per heavy atom. The van der Waals surface area contributed by atoms with Gasteiger partial charge in [0.2, 0.25) is 11.8 Å². The largest absolute Gasteiger partial charge is 0.416 e. The van der Waals surface area contributed by atoms with E-state index in [1.54, 1.807) is 19.1 Å². The van der Waals surface area contributed by atoms with Gasteiger partial charge < -0.3 is 10.2 Å². The molecule has 7 nitrogen and oxygen atoms in total. The number of amides is 2. The standard InChI is InChI=1S/C31H31Cl3F3N3O4S/c1-2-27(30(42)38-22-8-6-7-9-22)39(18-20-12-14-24(32)26(34)16-20)29(41)19-40(45(43,44)23-10-4-3-5-11-23)28-17-21(31(35,36)37)13-15-25(28)33/h3-5,10-17,22,27H,2,6-9,18-19H2,1H3,(H,38,42)/t27-/m0/s1. The molecular weight excluding hydrogens is 674 g/mol. The van der Waals surface area contributed by atoms with E-state index in [0.29, 0.717) is 15.9 Å². The van der Waals surface area contributed by atoms with E-state index in [-0.39, 0.29) is 39.0 Å². The Bertz CT molecular complexity index is 1640. The number of carbonyl (C=O) groups excluding carboxylic acids is 2. The molecule has 3 aromatic carbocycles. The zero-order chi connectivity index (χ0) is 32.9. The summed E-state index contributed by atoms with van der Waals surface area (Å²) in [6, 6.07) is 12.8. The molecule has 0 bridgehead atoms. The second-order valence-electron chi connectivity index (χ2n) is 10.7. The molecular formula is C31H31Cl3F3N3O4S. The molecule has 0 aromatic heterocycles. The average Bonchev–Trinajstić information content (AvgIpc) is 3.50. The summed E-state index contributed by atoms with van der Waals surface area (Å²) in [6.07, 6.45) is -1.16. The first-order valence-corrected chi connectivity index (χ1v) is 16.8. The maximum absolute atomic E-state index is 14.2. The Labute approximate surface area is 275 Å². The lowest BCUT2D eigenvalue weighted by Crippen LogP contribution is -2.53. The van der Waals surface area contributed by atoms with Crippen molar-refractivity contribution in [2.45, 2.75) is 68.7 Å². The number of sulfonamides is 1. The number of rotatable bonds is 11. The number of carbonyl (C=O) groups is 2. The molecule has 0 radical (unpaired) electrons. The Hall–Kier alpha value is -2.99. The first kappa shape index (κ1) is 34.9. The van der Waals surface area contributed by atoms with E-state index in [9.17, 15) is 31.2 Å². The third-order valence-corrected chi connectivity index (χ3v) is 10.4. The van der Waals surface area contributed by atoms with Crippen molar-refractivity contribution in [3.63, 3.8) is 0 Å². The van der Waals surface area contributed by atoms with Crippen LogP contribution in [0.2, 0.25) is 15.1 Å². The van der Waals surface area contributed by atoms with E-state index in [4.69, 9.17) is 34.8 Å². The van der Waals surface area contributed by atoms with Crippen molar-refractivity contribution in [2.75, 3.05) is 10.8 Å². The molecule has 1 saturated carbocycles. The van der Waals surface area contributed by atoms with E-state index >= 15 is 0 Å².